The van der Waals surface area contributed by atoms with Crippen LogP contribution in [0.2, 0.25) is 10.0 Å². The summed E-state index contributed by atoms with van der Waals surface area (Å²) < 4.78 is 21.1. The molecule has 152 valence electrons. The first-order chi connectivity index (χ1) is 14.6. The number of halogens is 3. The van der Waals surface area contributed by atoms with Gasteiger partial charge in [0.25, 0.3) is 0 Å². The number of hydrogen-bond donors (Lipinski definition) is 0. The van der Waals surface area contributed by atoms with Crippen molar-refractivity contribution in [1.29, 1.82) is 0 Å². The molecule has 0 amide bonds. The van der Waals surface area contributed by atoms with Crippen molar-refractivity contribution in [3.05, 3.63) is 88.7 Å². The van der Waals surface area contributed by atoms with Gasteiger partial charge in [-0.25, -0.2) is 4.39 Å². The summed E-state index contributed by atoms with van der Waals surface area (Å²) >= 11 is 13.6. The molecule has 0 aliphatic carbocycles. The van der Waals surface area contributed by atoms with E-state index in [1.165, 1.54) is 23.9 Å². The average Bonchev–Trinajstić information content (AvgIpc) is 3.17. The van der Waals surface area contributed by atoms with Gasteiger partial charge in [0, 0.05) is 22.0 Å². The minimum atomic E-state index is -0.304. The highest BCUT2D eigenvalue weighted by atomic mass is 35.5. The molecule has 4 rings (SSSR count). The second kappa shape index (κ2) is 9.51. The third kappa shape index (κ3) is 4.78. The lowest BCUT2D eigenvalue weighted by atomic mass is 10.2. The number of nitrogens with zero attached hydrogens (tertiary/aromatic N) is 3. The van der Waals surface area contributed by atoms with Crippen molar-refractivity contribution in [3.63, 3.8) is 0 Å². The van der Waals surface area contributed by atoms with Gasteiger partial charge < -0.3 is 4.74 Å². The van der Waals surface area contributed by atoms with Crippen molar-refractivity contribution < 1.29 is 9.13 Å². The fourth-order valence-corrected chi connectivity index (χ4v) is 3.90. The second-order valence-electron chi connectivity index (χ2n) is 6.25. The Morgan fingerprint density at radius 1 is 0.900 bits per heavy atom. The summed E-state index contributed by atoms with van der Waals surface area (Å²) in [4.78, 5) is 0. The molecule has 0 fully saturated rings. The topological polar surface area (TPSA) is 39.9 Å². The predicted molar refractivity (Wildman–Crippen MR) is 119 cm³/mol. The normalized spacial score (nSPS) is 10.9. The van der Waals surface area contributed by atoms with Gasteiger partial charge in [0.1, 0.15) is 11.6 Å². The van der Waals surface area contributed by atoms with E-state index >= 15 is 0 Å². The first kappa shape index (κ1) is 20.7. The van der Waals surface area contributed by atoms with E-state index in [0.717, 1.165) is 11.3 Å². The van der Waals surface area contributed by atoms with Crippen molar-refractivity contribution in [3.8, 4) is 22.8 Å². The first-order valence-electron chi connectivity index (χ1n) is 9.09. The lowest BCUT2D eigenvalue weighted by molar-refractivity contribution is 0.344. The minimum absolute atomic E-state index is 0.304. The van der Waals surface area contributed by atoms with Gasteiger partial charge in [-0.05, 0) is 60.7 Å². The van der Waals surface area contributed by atoms with Gasteiger partial charge in [-0.2, -0.15) is 0 Å². The molecule has 0 N–H and O–H groups in total. The SMILES string of the molecule is Fc1ccc(-n2c(SCCOc3ccccc3Cl)nnc2-c2ccc(Cl)cc2)cc1. The monoisotopic (exact) mass is 459 g/mol. The number of rotatable bonds is 7. The summed E-state index contributed by atoms with van der Waals surface area (Å²) in [5.74, 6) is 1.61. The van der Waals surface area contributed by atoms with Crippen LogP contribution in [0.5, 0.6) is 5.75 Å². The van der Waals surface area contributed by atoms with Gasteiger partial charge in [0.05, 0.1) is 11.6 Å². The quantitative estimate of drug-likeness (QED) is 0.232. The lowest BCUT2D eigenvalue weighted by Crippen LogP contribution is -2.04. The van der Waals surface area contributed by atoms with Crippen LogP contribution in [0.15, 0.2) is 78.0 Å². The molecule has 30 heavy (non-hydrogen) atoms. The summed E-state index contributed by atoms with van der Waals surface area (Å²) in [5.41, 5.74) is 1.62. The second-order valence-corrected chi connectivity index (χ2v) is 8.16. The summed E-state index contributed by atoms with van der Waals surface area (Å²) in [7, 11) is 0. The van der Waals surface area contributed by atoms with Crippen LogP contribution in [0, 0.1) is 5.82 Å². The molecule has 0 radical (unpaired) electrons. The van der Waals surface area contributed by atoms with Crippen molar-refractivity contribution in [2.24, 2.45) is 0 Å². The molecule has 0 spiro atoms. The third-order valence-electron chi connectivity index (χ3n) is 4.23. The standard InChI is InChI=1S/C22H16Cl2FN3OS/c23-16-7-5-15(6-8-16)21-26-27-22(28(21)18-11-9-17(25)10-12-18)30-14-13-29-20-4-2-1-3-19(20)24/h1-12H,13-14H2. The molecule has 0 atom stereocenters. The third-order valence-corrected chi connectivity index (χ3v) is 5.69. The maximum atomic E-state index is 13.5. The van der Waals surface area contributed by atoms with Gasteiger partial charge >= 0.3 is 0 Å². The van der Waals surface area contributed by atoms with Crippen LogP contribution >= 0.6 is 35.0 Å². The summed E-state index contributed by atoms with van der Waals surface area (Å²) in [6, 6.07) is 20.9. The van der Waals surface area contributed by atoms with Crippen LogP contribution in [-0.2, 0) is 0 Å². The molecule has 4 nitrogen and oxygen atoms in total. The predicted octanol–water partition coefficient (Wildman–Crippen LogP) is 6.55. The summed E-state index contributed by atoms with van der Waals surface area (Å²) in [6.45, 7) is 0.445. The Hall–Kier alpha value is -2.54. The summed E-state index contributed by atoms with van der Waals surface area (Å²) in [6.07, 6.45) is 0. The smallest absolute Gasteiger partial charge is 0.196 e. The van der Waals surface area contributed by atoms with Crippen molar-refractivity contribution in [1.82, 2.24) is 14.8 Å². The number of benzene rings is 3. The molecule has 8 heteroatoms. The molecular formula is C22H16Cl2FN3OS. The van der Waals surface area contributed by atoms with E-state index in [0.29, 0.717) is 39.1 Å². The van der Waals surface area contributed by atoms with Crippen LogP contribution in [0.3, 0.4) is 0 Å². The Morgan fingerprint density at radius 2 is 1.63 bits per heavy atom. The van der Waals surface area contributed by atoms with Gasteiger partial charge in [-0.15, -0.1) is 10.2 Å². The van der Waals surface area contributed by atoms with Gasteiger partial charge in [-0.1, -0.05) is 47.1 Å². The van der Waals surface area contributed by atoms with E-state index in [4.69, 9.17) is 27.9 Å². The zero-order chi connectivity index (χ0) is 20.9. The molecule has 1 heterocycles. The average molecular weight is 460 g/mol. The van der Waals surface area contributed by atoms with Crippen molar-refractivity contribution >= 4 is 35.0 Å². The van der Waals surface area contributed by atoms with Crippen LogP contribution < -0.4 is 4.74 Å². The van der Waals surface area contributed by atoms with Crippen molar-refractivity contribution in [2.45, 2.75) is 5.16 Å². The van der Waals surface area contributed by atoms with E-state index in [9.17, 15) is 4.39 Å². The number of thioether (sulfide) groups is 1. The number of para-hydroxylation sites is 1. The minimum Gasteiger partial charge on any atom is -0.491 e. The molecule has 0 bridgehead atoms. The maximum absolute atomic E-state index is 13.5. The number of hydrogen-bond acceptors (Lipinski definition) is 4. The highest BCUT2D eigenvalue weighted by Gasteiger charge is 2.16. The molecule has 0 aliphatic rings. The zero-order valence-corrected chi connectivity index (χ0v) is 18.0. The zero-order valence-electron chi connectivity index (χ0n) is 15.6. The largest absolute Gasteiger partial charge is 0.491 e. The van der Waals surface area contributed by atoms with E-state index in [1.807, 2.05) is 34.9 Å². The summed E-state index contributed by atoms with van der Waals surface area (Å²) in [5, 5.41) is 10.6. The van der Waals surface area contributed by atoms with E-state index in [-0.39, 0.29) is 5.82 Å². The van der Waals surface area contributed by atoms with Crippen LogP contribution in [0.1, 0.15) is 0 Å². The fraction of sp³-hybridized carbons (Fsp3) is 0.0909. The van der Waals surface area contributed by atoms with E-state index in [1.54, 1.807) is 30.3 Å². The fourth-order valence-electron chi connectivity index (χ4n) is 2.82. The lowest BCUT2D eigenvalue weighted by Gasteiger charge is -2.11. The molecule has 0 unspecified atom stereocenters. The van der Waals surface area contributed by atoms with Crippen molar-refractivity contribution in [2.75, 3.05) is 12.4 Å². The molecule has 3 aromatic carbocycles. The van der Waals surface area contributed by atoms with Gasteiger partial charge in [-0.3, -0.25) is 4.57 Å². The molecule has 0 saturated heterocycles. The Morgan fingerprint density at radius 3 is 2.37 bits per heavy atom. The van der Waals surface area contributed by atoms with Gasteiger partial charge in [0.2, 0.25) is 0 Å². The Kier molecular flexibility index (Phi) is 6.57. The Balaban J connectivity index is 1.57. The molecule has 4 aromatic rings. The van der Waals surface area contributed by atoms with Crippen LogP contribution in [0.4, 0.5) is 4.39 Å². The number of aromatic nitrogens is 3. The van der Waals surface area contributed by atoms with Gasteiger partial charge in [0.15, 0.2) is 11.0 Å². The molecule has 0 saturated carbocycles. The van der Waals surface area contributed by atoms with Crippen LogP contribution in [0.25, 0.3) is 17.1 Å². The molecule has 1 aromatic heterocycles. The highest BCUT2D eigenvalue weighted by molar-refractivity contribution is 7.99. The molecule has 0 aliphatic heterocycles. The molecular weight excluding hydrogens is 444 g/mol. The van der Waals surface area contributed by atoms with Crippen LogP contribution in [-0.4, -0.2) is 27.1 Å². The Bertz CT molecular complexity index is 1130. The Labute approximate surface area is 187 Å². The first-order valence-corrected chi connectivity index (χ1v) is 10.8. The maximum Gasteiger partial charge on any atom is 0.196 e. The van der Waals surface area contributed by atoms with E-state index < -0.39 is 0 Å². The number of ether oxygens (including phenoxy) is 1. The van der Waals surface area contributed by atoms with E-state index in [2.05, 4.69) is 10.2 Å². The highest BCUT2D eigenvalue weighted by Crippen LogP contribution is 2.29.